The van der Waals surface area contributed by atoms with Gasteiger partial charge < -0.3 is 14.8 Å². The smallest absolute Gasteiger partial charge is 0.268 e. The first-order valence-electron chi connectivity index (χ1n) is 11.6. The van der Waals surface area contributed by atoms with E-state index in [9.17, 15) is 9.59 Å². The third-order valence-electron chi connectivity index (χ3n) is 6.69. The maximum atomic E-state index is 13.1. The molecule has 36 heavy (non-hydrogen) atoms. The highest BCUT2D eigenvalue weighted by Gasteiger charge is 2.40. The van der Waals surface area contributed by atoms with Gasteiger partial charge in [-0.25, -0.2) is 9.58 Å². The minimum absolute atomic E-state index is 0.0533. The van der Waals surface area contributed by atoms with Crippen LogP contribution in [0.4, 0.5) is 11.9 Å². The van der Waals surface area contributed by atoms with Gasteiger partial charge in [-0.2, -0.15) is 4.98 Å². The predicted molar refractivity (Wildman–Crippen MR) is 133 cm³/mol. The first kappa shape index (κ1) is 21.8. The van der Waals surface area contributed by atoms with E-state index in [0.29, 0.717) is 23.5 Å². The fourth-order valence-electron chi connectivity index (χ4n) is 4.79. The minimum atomic E-state index is -0.425. The number of ether oxygens (including phenoxy) is 2. The summed E-state index contributed by atoms with van der Waals surface area (Å²) in [7, 11) is 3.26. The number of hydrogen-bond donors (Lipinski definition) is 1. The standard InChI is InChI=1S/C27H23N5O4/c1-35-18-11-7-16(8-12-18)22-15-23(17-9-13-19(36-2)14-10-17)32-26(28-22)29-27(30-32)31-24(33)20-5-3-4-6-21(20)25(31)34/h3-14,22-23H,15H2,1-2H3,(H,28,29,30)/t22-,23+/m1/s1. The molecule has 0 radical (unpaired) electrons. The minimum Gasteiger partial charge on any atom is -0.497 e. The molecule has 3 heterocycles. The van der Waals surface area contributed by atoms with E-state index < -0.39 is 11.8 Å². The highest BCUT2D eigenvalue weighted by Crippen LogP contribution is 2.40. The van der Waals surface area contributed by atoms with Gasteiger partial charge in [0.1, 0.15) is 11.5 Å². The van der Waals surface area contributed by atoms with Crippen LogP contribution in [-0.2, 0) is 0 Å². The second-order valence-electron chi connectivity index (χ2n) is 8.67. The predicted octanol–water partition coefficient (Wildman–Crippen LogP) is 4.24. The quantitative estimate of drug-likeness (QED) is 0.426. The molecule has 0 unspecified atom stereocenters. The third-order valence-corrected chi connectivity index (χ3v) is 6.69. The Morgan fingerprint density at radius 3 is 1.92 bits per heavy atom. The largest absolute Gasteiger partial charge is 0.497 e. The van der Waals surface area contributed by atoms with Crippen LogP contribution < -0.4 is 19.7 Å². The van der Waals surface area contributed by atoms with E-state index in [1.807, 2.05) is 48.5 Å². The normalized spacial score (nSPS) is 18.4. The van der Waals surface area contributed by atoms with E-state index in [1.54, 1.807) is 43.2 Å². The average molecular weight is 482 g/mol. The monoisotopic (exact) mass is 481 g/mol. The van der Waals surface area contributed by atoms with Crippen molar-refractivity contribution in [2.75, 3.05) is 24.4 Å². The van der Waals surface area contributed by atoms with Gasteiger partial charge in [-0.15, -0.1) is 5.10 Å². The van der Waals surface area contributed by atoms with Gasteiger partial charge in [0.15, 0.2) is 0 Å². The molecule has 2 aliphatic rings. The molecule has 1 aromatic heterocycles. The Bertz CT molecular complexity index is 1430. The van der Waals surface area contributed by atoms with Crippen molar-refractivity contribution in [2.45, 2.75) is 18.5 Å². The van der Waals surface area contributed by atoms with Crippen molar-refractivity contribution in [2.24, 2.45) is 0 Å². The molecule has 0 aliphatic carbocycles. The van der Waals surface area contributed by atoms with Gasteiger partial charge >= 0.3 is 0 Å². The van der Waals surface area contributed by atoms with Gasteiger partial charge in [-0.3, -0.25) is 9.59 Å². The maximum Gasteiger partial charge on any atom is 0.268 e. The zero-order valence-corrected chi connectivity index (χ0v) is 19.7. The molecular formula is C27H23N5O4. The van der Waals surface area contributed by atoms with Gasteiger partial charge in [0.2, 0.25) is 5.95 Å². The van der Waals surface area contributed by atoms with Gasteiger partial charge in [0.05, 0.1) is 37.4 Å². The maximum absolute atomic E-state index is 13.1. The van der Waals surface area contributed by atoms with Crippen molar-refractivity contribution in [3.63, 3.8) is 0 Å². The van der Waals surface area contributed by atoms with E-state index in [4.69, 9.17) is 9.47 Å². The number of carbonyl (C=O) groups is 2. The molecule has 4 aromatic rings. The van der Waals surface area contributed by atoms with Crippen LogP contribution in [0.2, 0.25) is 0 Å². The molecule has 2 aliphatic heterocycles. The highest BCUT2D eigenvalue weighted by molar-refractivity contribution is 6.33. The second kappa shape index (κ2) is 8.53. The molecule has 3 aromatic carbocycles. The Kier molecular flexibility index (Phi) is 5.18. The summed E-state index contributed by atoms with van der Waals surface area (Å²) < 4.78 is 12.4. The SMILES string of the molecule is COc1ccc([C@H]2C[C@@H](c3ccc(OC)cc3)n3nc(N4C(=O)c5ccccc5C4=O)nc3N2)cc1. The number of nitrogens with one attached hydrogen (secondary N) is 1. The van der Waals surface area contributed by atoms with E-state index >= 15 is 0 Å². The summed E-state index contributed by atoms with van der Waals surface area (Å²) in [5.41, 5.74) is 2.78. The molecule has 2 atom stereocenters. The summed E-state index contributed by atoms with van der Waals surface area (Å²) in [6.45, 7) is 0. The molecule has 9 nitrogen and oxygen atoms in total. The molecule has 0 bridgehead atoms. The van der Waals surface area contributed by atoms with Crippen LogP contribution in [-0.4, -0.2) is 40.8 Å². The number of methoxy groups -OCH3 is 2. The number of hydrogen-bond acceptors (Lipinski definition) is 7. The zero-order valence-electron chi connectivity index (χ0n) is 19.7. The van der Waals surface area contributed by atoms with Crippen molar-refractivity contribution in [3.8, 4) is 11.5 Å². The van der Waals surface area contributed by atoms with Crippen molar-refractivity contribution in [1.29, 1.82) is 0 Å². The number of imide groups is 1. The van der Waals surface area contributed by atoms with Gasteiger partial charge in [0.25, 0.3) is 17.8 Å². The Labute approximate surface area is 207 Å². The number of nitrogens with zero attached hydrogens (tertiary/aromatic N) is 4. The molecule has 0 spiro atoms. The van der Waals surface area contributed by atoms with Gasteiger partial charge in [-0.1, -0.05) is 36.4 Å². The zero-order chi connectivity index (χ0) is 24.8. The van der Waals surface area contributed by atoms with Crippen LogP contribution in [0, 0.1) is 0 Å². The molecule has 0 saturated heterocycles. The van der Waals surface area contributed by atoms with E-state index in [0.717, 1.165) is 27.5 Å². The Morgan fingerprint density at radius 1 is 0.806 bits per heavy atom. The van der Waals surface area contributed by atoms with E-state index in [2.05, 4.69) is 15.4 Å². The average Bonchev–Trinajstić information content (AvgIpc) is 3.46. The lowest BCUT2D eigenvalue weighted by atomic mass is 9.93. The highest BCUT2D eigenvalue weighted by atomic mass is 16.5. The second-order valence-corrected chi connectivity index (χ2v) is 8.67. The van der Waals surface area contributed by atoms with Crippen LogP contribution in [0.1, 0.15) is 50.3 Å². The summed E-state index contributed by atoms with van der Waals surface area (Å²) in [6.07, 6.45) is 0.677. The third kappa shape index (κ3) is 3.48. The summed E-state index contributed by atoms with van der Waals surface area (Å²) in [6, 6.07) is 22.2. The molecule has 0 saturated carbocycles. The fourth-order valence-corrected chi connectivity index (χ4v) is 4.79. The Morgan fingerprint density at radius 2 is 1.36 bits per heavy atom. The fraction of sp³-hybridized carbons (Fsp3) is 0.185. The number of rotatable bonds is 5. The van der Waals surface area contributed by atoms with Crippen LogP contribution in [0.25, 0.3) is 0 Å². The van der Waals surface area contributed by atoms with Crippen LogP contribution >= 0.6 is 0 Å². The van der Waals surface area contributed by atoms with Crippen LogP contribution in [0.15, 0.2) is 72.8 Å². The molecule has 0 fully saturated rings. The lowest BCUT2D eigenvalue weighted by molar-refractivity contribution is 0.0923. The summed E-state index contributed by atoms with van der Waals surface area (Å²) in [5.74, 6) is 1.21. The number of amides is 2. The van der Waals surface area contributed by atoms with Crippen molar-refractivity contribution in [1.82, 2.24) is 14.8 Å². The molecule has 180 valence electrons. The first-order chi connectivity index (χ1) is 17.6. The number of anilines is 2. The summed E-state index contributed by atoms with van der Waals surface area (Å²) >= 11 is 0. The topological polar surface area (TPSA) is 98.6 Å². The van der Waals surface area contributed by atoms with Crippen molar-refractivity contribution < 1.29 is 19.1 Å². The lowest BCUT2D eigenvalue weighted by Gasteiger charge is -2.31. The molecule has 1 N–H and O–H groups in total. The molecular weight excluding hydrogens is 458 g/mol. The lowest BCUT2D eigenvalue weighted by Crippen LogP contribution is -2.30. The number of benzene rings is 3. The molecule has 2 amide bonds. The molecule has 6 rings (SSSR count). The van der Waals surface area contributed by atoms with E-state index in [-0.39, 0.29) is 18.0 Å². The van der Waals surface area contributed by atoms with Crippen molar-refractivity contribution in [3.05, 3.63) is 95.1 Å². The van der Waals surface area contributed by atoms with Crippen LogP contribution in [0.5, 0.6) is 11.5 Å². The van der Waals surface area contributed by atoms with Crippen LogP contribution in [0.3, 0.4) is 0 Å². The number of carbonyl (C=O) groups excluding carboxylic acids is 2. The van der Waals surface area contributed by atoms with Gasteiger partial charge in [-0.05, 0) is 53.9 Å². The number of fused-ring (bicyclic) bond motifs is 2. The Hall–Kier alpha value is -4.66. The first-order valence-corrected chi connectivity index (χ1v) is 11.6. The van der Waals surface area contributed by atoms with Crippen molar-refractivity contribution >= 4 is 23.7 Å². The summed E-state index contributed by atoms with van der Waals surface area (Å²) in [4.78, 5) is 31.8. The molecule has 9 heteroatoms. The summed E-state index contributed by atoms with van der Waals surface area (Å²) in [5, 5.41) is 8.09. The van der Waals surface area contributed by atoms with Gasteiger partial charge in [0, 0.05) is 0 Å². The number of aromatic nitrogens is 3. The van der Waals surface area contributed by atoms with E-state index in [1.165, 1.54) is 0 Å². The Balaban J connectivity index is 1.41.